The molecule has 7 heteroatoms. The number of amides is 1. The summed E-state index contributed by atoms with van der Waals surface area (Å²) in [6, 6.07) is -0.309. The Bertz CT molecular complexity index is 444. The Morgan fingerprint density at radius 2 is 1.72 bits per heavy atom. The molecule has 2 rings (SSSR count). The molecule has 4 unspecified atom stereocenters. The standard InChI is InChI=1S/C18H34NO5Si/c1-6-22-25(23-7-2,24-8-3)18(12-14-9-10-15(18)11-14)16(13(4)5)19-17(20)21/h14-16,19H,6-12H2,1-5H3,(H,20,21). The van der Waals surface area contributed by atoms with E-state index in [1.165, 1.54) is 6.42 Å². The molecule has 1 radical (unpaired) electrons. The number of carboxylic acid groups (broad SMARTS) is 1. The monoisotopic (exact) mass is 372 g/mol. The maximum absolute atomic E-state index is 11.6. The molecule has 2 aliphatic carbocycles. The predicted octanol–water partition coefficient (Wildman–Crippen LogP) is 3.85. The van der Waals surface area contributed by atoms with Crippen LogP contribution in [0.2, 0.25) is 5.04 Å². The lowest BCUT2D eigenvalue weighted by Gasteiger charge is -2.52. The van der Waals surface area contributed by atoms with E-state index in [0.717, 1.165) is 25.2 Å². The van der Waals surface area contributed by atoms with Crippen LogP contribution in [0.5, 0.6) is 0 Å². The van der Waals surface area contributed by atoms with E-state index >= 15 is 0 Å². The van der Waals surface area contributed by atoms with Gasteiger partial charge in [-0.1, -0.05) is 20.3 Å². The molecule has 4 atom stereocenters. The van der Waals surface area contributed by atoms with Gasteiger partial charge in [0.2, 0.25) is 0 Å². The van der Waals surface area contributed by atoms with Gasteiger partial charge in [0.25, 0.3) is 0 Å². The molecular formula is C18H34NO5Si. The Hall–Kier alpha value is -0.633. The van der Waals surface area contributed by atoms with Crippen molar-refractivity contribution in [3.63, 3.8) is 0 Å². The van der Waals surface area contributed by atoms with E-state index in [2.05, 4.69) is 5.32 Å². The van der Waals surface area contributed by atoms with Crippen LogP contribution < -0.4 is 5.32 Å². The molecule has 6 nitrogen and oxygen atoms in total. The van der Waals surface area contributed by atoms with Gasteiger partial charge in [-0.25, -0.2) is 4.79 Å². The van der Waals surface area contributed by atoms with E-state index in [0.29, 0.717) is 31.7 Å². The summed E-state index contributed by atoms with van der Waals surface area (Å²) in [6.07, 6.45) is 3.34. The lowest BCUT2D eigenvalue weighted by Crippen LogP contribution is -2.66. The smallest absolute Gasteiger partial charge is 0.465 e. The third kappa shape index (κ3) is 3.61. The van der Waals surface area contributed by atoms with Crippen LogP contribution in [0.1, 0.15) is 60.3 Å². The zero-order chi connectivity index (χ0) is 18.7. The molecule has 2 bridgehead atoms. The van der Waals surface area contributed by atoms with Crippen molar-refractivity contribution in [3.8, 4) is 0 Å². The van der Waals surface area contributed by atoms with Gasteiger partial charge in [-0.05, 0) is 57.8 Å². The second-order valence-corrected chi connectivity index (χ2v) is 10.3. The lowest BCUT2D eigenvalue weighted by molar-refractivity contribution is 0.0206. The maximum atomic E-state index is 11.6. The quantitative estimate of drug-likeness (QED) is 0.570. The summed E-state index contributed by atoms with van der Waals surface area (Å²) in [5, 5.41) is 11.9. The summed E-state index contributed by atoms with van der Waals surface area (Å²) in [5.74, 6) is 2.03. The highest BCUT2D eigenvalue weighted by atomic mass is 28.4. The van der Waals surface area contributed by atoms with Gasteiger partial charge in [-0.15, -0.1) is 0 Å². The number of nitrogens with one attached hydrogen (secondary N) is 1. The summed E-state index contributed by atoms with van der Waals surface area (Å²) in [4.78, 5) is 11.6. The maximum Gasteiger partial charge on any atom is 0.509 e. The minimum absolute atomic E-state index is 0.309. The molecule has 0 aromatic heterocycles. The van der Waals surface area contributed by atoms with Crippen molar-refractivity contribution in [2.24, 2.45) is 11.8 Å². The number of rotatable bonds is 10. The Morgan fingerprint density at radius 3 is 2.04 bits per heavy atom. The van der Waals surface area contributed by atoms with Crippen LogP contribution in [-0.4, -0.2) is 45.9 Å². The molecule has 145 valence electrons. The van der Waals surface area contributed by atoms with Gasteiger partial charge < -0.3 is 23.7 Å². The first-order chi connectivity index (χ1) is 11.9. The van der Waals surface area contributed by atoms with Gasteiger partial charge in [-0.3, -0.25) is 0 Å². The summed E-state index contributed by atoms with van der Waals surface area (Å²) < 4.78 is 18.9. The molecule has 0 spiro atoms. The molecule has 2 aliphatic rings. The van der Waals surface area contributed by atoms with Gasteiger partial charge in [0.1, 0.15) is 0 Å². The van der Waals surface area contributed by atoms with E-state index in [-0.39, 0.29) is 6.04 Å². The second kappa shape index (κ2) is 8.37. The van der Waals surface area contributed by atoms with Gasteiger partial charge in [-0.2, -0.15) is 0 Å². The zero-order valence-electron chi connectivity index (χ0n) is 16.3. The fourth-order valence-corrected chi connectivity index (χ4v) is 9.50. The Morgan fingerprint density at radius 1 is 1.16 bits per heavy atom. The van der Waals surface area contributed by atoms with Crippen LogP contribution in [0.3, 0.4) is 0 Å². The topological polar surface area (TPSA) is 77.0 Å². The number of fused-ring (bicyclic) bond motifs is 2. The molecule has 2 saturated carbocycles. The fraction of sp³-hybridized carbons (Fsp3) is 0.889. The van der Waals surface area contributed by atoms with E-state index in [1.807, 2.05) is 34.6 Å². The van der Waals surface area contributed by atoms with E-state index in [4.69, 9.17) is 13.3 Å². The lowest BCUT2D eigenvalue weighted by atomic mass is 9.77. The van der Waals surface area contributed by atoms with Gasteiger partial charge >= 0.3 is 14.9 Å². The molecule has 25 heavy (non-hydrogen) atoms. The first-order valence-electron chi connectivity index (χ1n) is 9.58. The Balaban J connectivity index is 2.57. The first-order valence-corrected chi connectivity index (χ1v) is 11.3. The first kappa shape index (κ1) is 20.7. The molecular weight excluding hydrogens is 338 g/mol. The summed E-state index contributed by atoms with van der Waals surface area (Å²) in [7, 11) is -3.11. The van der Waals surface area contributed by atoms with Crippen molar-refractivity contribution >= 4 is 14.9 Å². The predicted molar refractivity (Wildman–Crippen MR) is 98.3 cm³/mol. The minimum Gasteiger partial charge on any atom is -0.465 e. The van der Waals surface area contributed by atoms with Gasteiger partial charge in [0.05, 0.1) is 5.04 Å². The fourth-order valence-electron chi connectivity index (χ4n) is 5.29. The normalized spacial score (nSPS) is 30.0. The number of hydrogen-bond donors (Lipinski definition) is 2. The van der Waals surface area contributed by atoms with E-state index in [1.54, 1.807) is 0 Å². The van der Waals surface area contributed by atoms with Crippen molar-refractivity contribution in [1.29, 1.82) is 0 Å². The van der Waals surface area contributed by atoms with Crippen molar-refractivity contribution in [2.75, 3.05) is 19.8 Å². The van der Waals surface area contributed by atoms with Gasteiger partial charge in [0, 0.05) is 25.9 Å². The van der Waals surface area contributed by atoms with Gasteiger partial charge in [0.15, 0.2) is 0 Å². The Kier molecular flexibility index (Phi) is 6.92. The van der Waals surface area contributed by atoms with Crippen LogP contribution in [0.25, 0.3) is 0 Å². The molecule has 0 heterocycles. The average Bonchev–Trinajstić information content (AvgIpc) is 3.14. The highest BCUT2D eigenvalue weighted by molar-refractivity contribution is 6.65. The molecule has 2 fully saturated rings. The third-order valence-corrected chi connectivity index (χ3v) is 9.88. The number of hydrogen-bond acceptors (Lipinski definition) is 4. The Labute approximate surface area is 153 Å². The number of carbonyl (C=O) groups is 1. The zero-order valence-corrected chi connectivity index (χ0v) is 17.3. The van der Waals surface area contributed by atoms with Crippen LogP contribution in [-0.2, 0) is 13.3 Å². The summed E-state index contributed by atoms with van der Waals surface area (Å²) in [6.45, 7) is 11.4. The molecule has 0 saturated heterocycles. The SMILES string of the molecule is CCO[Si](OCC)(OCC)C1(C(NC(=O)O)[C](C)C)CC2CCC1C2. The highest BCUT2D eigenvalue weighted by Gasteiger charge is 2.72. The highest BCUT2D eigenvalue weighted by Crippen LogP contribution is 2.68. The second-order valence-electron chi connectivity index (χ2n) is 7.44. The minimum atomic E-state index is -3.11. The molecule has 0 aromatic carbocycles. The summed E-state index contributed by atoms with van der Waals surface area (Å²) >= 11 is 0. The largest absolute Gasteiger partial charge is 0.509 e. The van der Waals surface area contributed by atoms with Crippen molar-refractivity contribution in [1.82, 2.24) is 5.32 Å². The average molecular weight is 373 g/mol. The molecule has 0 aromatic rings. The molecule has 1 amide bonds. The molecule has 0 aliphatic heterocycles. The molecule has 2 N–H and O–H groups in total. The van der Waals surface area contributed by atoms with Crippen LogP contribution >= 0.6 is 0 Å². The third-order valence-electron chi connectivity index (χ3n) is 5.83. The summed E-state index contributed by atoms with van der Waals surface area (Å²) in [5.41, 5.74) is 0. The van der Waals surface area contributed by atoms with Crippen molar-refractivity contribution in [3.05, 3.63) is 5.92 Å². The van der Waals surface area contributed by atoms with Crippen LogP contribution in [0.15, 0.2) is 0 Å². The van der Waals surface area contributed by atoms with Crippen molar-refractivity contribution in [2.45, 2.75) is 71.4 Å². The van der Waals surface area contributed by atoms with E-state index < -0.39 is 19.9 Å². The van der Waals surface area contributed by atoms with Crippen molar-refractivity contribution < 1.29 is 23.2 Å². The van der Waals surface area contributed by atoms with Crippen LogP contribution in [0, 0.1) is 17.8 Å². The van der Waals surface area contributed by atoms with Crippen LogP contribution in [0.4, 0.5) is 4.79 Å². The van der Waals surface area contributed by atoms with E-state index in [9.17, 15) is 9.90 Å².